The second-order valence-electron chi connectivity index (χ2n) is 4.02. The number of hydrogen-bond donors (Lipinski definition) is 1. The molecule has 2 aromatic rings. The van der Waals surface area contributed by atoms with Crippen molar-refractivity contribution in [3.8, 4) is 5.82 Å². The van der Waals surface area contributed by atoms with Crippen LogP contribution in [-0.2, 0) is 12.6 Å². The lowest BCUT2D eigenvalue weighted by atomic mass is 10.2. The van der Waals surface area contributed by atoms with Crippen LogP contribution in [0, 0.1) is 0 Å². The summed E-state index contributed by atoms with van der Waals surface area (Å²) in [6.07, 6.45) is -1.31. The largest absolute Gasteiger partial charge is 0.478 e. The quantitative estimate of drug-likeness (QED) is 0.941. The van der Waals surface area contributed by atoms with Crippen molar-refractivity contribution in [2.45, 2.75) is 19.5 Å². The molecule has 0 spiro atoms. The van der Waals surface area contributed by atoms with Gasteiger partial charge in [0.15, 0.2) is 0 Å². The third kappa shape index (κ3) is 2.63. The first-order chi connectivity index (χ1) is 9.32. The van der Waals surface area contributed by atoms with E-state index in [0.717, 1.165) is 10.8 Å². The van der Waals surface area contributed by atoms with Crippen LogP contribution in [0.4, 0.5) is 13.2 Å². The monoisotopic (exact) mass is 285 g/mol. The third-order valence-electron chi connectivity index (χ3n) is 2.70. The number of rotatable bonds is 3. The van der Waals surface area contributed by atoms with Gasteiger partial charge < -0.3 is 9.67 Å². The fraction of sp³-hybridized carbons (Fsp3) is 0.250. The first-order valence-corrected chi connectivity index (χ1v) is 5.66. The molecule has 0 amide bonds. The van der Waals surface area contributed by atoms with Crippen LogP contribution in [-0.4, -0.2) is 25.6 Å². The SMILES string of the molecule is CCc1cc(-n2cc(C(=O)O)c(C(F)(F)F)c2)ncn1. The van der Waals surface area contributed by atoms with E-state index in [1.54, 1.807) is 0 Å². The lowest BCUT2D eigenvalue weighted by Crippen LogP contribution is -2.09. The Balaban J connectivity index is 2.56. The van der Waals surface area contributed by atoms with E-state index in [1.165, 1.54) is 12.4 Å². The number of aromatic carboxylic acids is 1. The molecule has 0 fully saturated rings. The Hall–Kier alpha value is -2.38. The van der Waals surface area contributed by atoms with Crippen molar-refractivity contribution in [1.29, 1.82) is 0 Å². The standard InChI is InChI=1S/C12H10F3N3O2/c1-2-7-3-10(17-6-16-7)18-4-8(11(19)20)9(5-18)12(13,14)15/h3-6H,2H2,1H3,(H,19,20). The Morgan fingerprint density at radius 2 is 2.05 bits per heavy atom. The molecule has 0 saturated heterocycles. The van der Waals surface area contributed by atoms with Crippen LogP contribution in [0.5, 0.6) is 0 Å². The number of carbonyl (C=O) groups is 1. The third-order valence-corrected chi connectivity index (χ3v) is 2.70. The molecule has 106 valence electrons. The van der Waals surface area contributed by atoms with Gasteiger partial charge in [-0.3, -0.25) is 0 Å². The number of aryl methyl sites for hydroxylation is 1. The Morgan fingerprint density at radius 1 is 1.35 bits per heavy atom. The van der Waals surface area contributed by atoms with Crippen LogP contribution in [0.15, 0.2) is 24.8 Å². The molecule has 20 heavy (non-hydrogen) atoms. The molecule has 5 nitrogen and oxygen atoms in total. The normalized spacial score (nSPS) is 11.6. The molecule has 2 rings (SSSR count). The average molecular weight is 285 g/mol. The molecule has 2 heterocycles. The second-order valence-corrected chi connectivity index (χ2v) is 4.02. The minimum Gasteiger partial charge on any atom is -0.478 e. The number of carboxylic acids is 1. The van der Waals surface area contributed by atoms with Gasteiger partial charge in [0.2, 0.25) is 0 Å². The first kappa shape index (κ1) is 14.0. The molecule has 0 bridgehead atoms. The summed E-state index contributed by atoms with van der Waals surface area (Å²) in [5.74, 6) is -1.45. The summed E-state index contributed by atoms with van der Waals surface area (Å²) >= 11 is 0. The van der Waals surface area contributed by atoms with E-state index < -0.39 is 23.3 Å². The van der Waals surface area contributed by atoms with Gasteiger partial charge >= 0.3 is 12.1 Å². The highest BCUT2D eigenvalue weighted by Crippen LogP contribution is 2.33. The molecular formula is C12H10F3N3O2. The maximum atomic E-state index is 12.8. The molecule has 0 atom stereocenters. The summed E-state index contributed by atoms with van der Waals surface area (Å²) in [7, 11) is 0. The molecule has 0 aliphatic heterocycles. The first-order valence-electron chi connectivity index (χ1n) is 5.66. The van der Waals surface area contributed by atoms with Gasteiger partial charge in [-0.05, 0) is 6.42 Å². The molecule has 0 aromatic carbocycles. The Labute approximate surface area is 111 Å². The van der Waals surface area contributed by atoms with Crippen molar-refractivity contribution in [2.75, 3.05) is 0 Å². The van der Waals surface area contributed by atoms with Gasteiger partial charge in [-0.2, -0.15) is 13.2 Å². The number of nitrogens with zero attached hydrogens (tertiary/aromatic N) is 3. The molecule has 1 N–H and O–H groups in total. The second kappa shape index (κ2) is 4.95. The van der Waals surface area contributed by atoms with Gasteiger partial charge in [-0.15, -0.1) is 0 Å². The summed E-state index contributed by atoms with van der Waals surface area (Å²) in [5.41, 5.74) is -1.37. The maximum Gasteiger partial charge on any atom is 0.418 e. The summed E-state index contributed by atoms with van der Waals surface area (Å²) in [6, 6.07) is 1.51. The van der Waals surface area contributed by atoms with Crippen molar-refractivity contribution < 1.29 is 23.1 Å². The molecular weight excluding hydrogens is 275 g/mol. The highest BCUT2D eigenvalue weighted by atomic mass is 19.4. The predicted octanol–water partition coefficient (Wildman–Crippen LogP) is 2.55. The maximum absolute atomic E-state index is 12.8. The topological polar surface area (TPSA) is 68.0 Å². The van der Waals surface area contributed by atoms with Gasteiger partial charge in [0.05, 0.1) is 11.1 Å². The number of halogens is 3. The lowest BCUT2D eigenvalue weighted by Gasteiger charge is -2.04. The zero-order chi connectivity index (χ0) is 14.9. The molecule has 0 radical (unpaired) electrons. The number of carboxylic acid groups (broad SMARTS) is 1. The van der Waals surface area contributed by atoms with Crippen molar-refractivity contribution in [2.24, 2.45) is 0 Å². The van der Waals surface area contributed by atoms with Crippen molar-refractivity contribution in [3.05, 3.63) is 41.6 Å². The van der Waals surface area contributed by atoms with Crippen LogP contribution in [0.3, 0.4) is 0 Å². The highest BCUT2D eigenvalue weighted by molar-refractivity contribution is 5.89. The van der Waals surface area contributed by atoms with Gasteiger partial charge in [-0.1, -0.05) is 6.92 Å². The van der Waals surface area contributed by atoms with Gasteiger partial charge in [0.1, 0.15) is 12.1 Å². The van der Waals surface area contributed by atoms with Gasteiger partial charge in [-0.25, -0.2) is 14.8 Å². The fourth-order valence-corrected chi connectivity index (χ4v) is 1.70. The van der Waals surface area contributed by atoms with Crippen molar-refractivity contribution in [3.63, 3.8) is 0 Å². The van der Waals surface area contributed by atoms with Crippen LogP contribution in [0.2, 0.25) is 0 Å². The van der Waals surface area contributed by atoms with Crippen molar-refractivity contribution in [1.82, 2.24) is 14.5 Å². The molecule has 0 saturated carbocycles. The average Bonchev–Trinajstić information content (AvgIpc) is 2.84. The molecule has 2 aromatic heterocycles. The van der Waals surface area contributed by atoms with Gasteiger partial charge in [0.25, 0.3) is 0 Å². The highest BCUT2D eigenvalue weighted by Gasteiger charge is 2.37. The smallest absolute Gasteiger partial charge is 0.418 e. The molecule has 0 aliphatic carbocycles. The van der Waals surface area contributed by atoms with Gasteiger partial charge in [0, 0.05) is 24.2 Å². The van der Waals surface area contributed by atoms with E-state index in [2.05, 4.69) is 9.97 Å². The summed E-state index contributed by atoms with van der Waals surface area (Å²) in [4.78, 5) is 18.7. The Morgan fingerprint density at radius 3 is 2.55 bits per heavy atom. The van der Waals surface area contributed by atoms with Crippen LogP contribution in [0.25, 0.3) is 5.82 Å². The zero-order valence-corrected chi connectivity index (χ0v) is 10.3. The molecule has 8 heteroatoms. The Kier molecular flexibility index (Phi) is 3.47. The molecule has 0 unspecified atom stereocenters. The van der Waals surface area contributed by atoms with E-state index in [9.17, 15) is 18.0 Å². The van der Waals surface area contributed by atoms with Crippen LogP contribution < -0.4 is 0 Å². The molecule has 0 aliphatic rings. The Bertz CT molecular complexity index is 650. The summed E-state index contributed by atoms with van der Waals surface area (Å²) in [5, 5.41) is 8.84. The van der Waals surface area contributed by atoms with Crippen LogP contribution in [0.1, 0.15) is 28.5 Å². The fourth-order valence-electron chi connectivity index (χ4n) is 1.70. The number of aromatic nitrogens is 3. The van der Waals surface area contributed by atoms with E-state index in [0.29, 0.717) is 18.3 Å². The zero-order valence-electron chi connectivity index (χ0n) is 10.3. The summed E-state index contributed by atoms with van der Waals surface area (Å²) in [6.45, 7) is 1.84. The predicted molar refractivity (Wildman–Crippen MR) is 62.7 cm³/mol. The van der Waals surface area contributed by atoms with Crippen molar-refractivity contribution >= 4 is 5.97 Å². The number of alkyl halides is 3. The summed E-state index contributed by atoms with van der Waals surface area (Å²) < 4.78 is 39.4. The van der Waals surface area contributed by atoms with E-state index in [-0.39, 0.29) is 5.82 Å². The minimum absolute atomic E-state index is 0.190. The van der Waals surface area contributed by atoms with E-state index in [4.69, 9.17) is 5.11 Å². The van der Waals surface area contributed by atoms with Crippen LogP contribution >= 0.6 is 0 Å². The number of hydrogen-bond acceptors (Lipinski definition) is 3. The van der Waals surface area contributed by atoms with E-state index >= 15 is 0 Å². The minimum atomic E-state index is -4.74. The lowest BCUT2D eigenvalue weighted by molar-refractivity contribution is -0.138. The van der Waals surface area contributed by atoms with E-state index in [1.807, 2.05) is 6.92 Å².